The third kappa shape index (κ3) is 2.80. The summed E-state index contributed by atoms with van der Waals surface area (Å²) in [6.07, 6.45) is 6.86. The minimum Gasteiger partial charge on any atom is -0.165 e. The van der Waals surface area contributed by atoms with Crippen LogP contribution in [0.15, 0.2) is 4.36 Å². The predicted molar refractivity (Wildman–Crippen MR) is 56.6 cm³/mol. The van der Waals surface area contributed by atoms with Crippen LogP contribution in [0.1, 0.15) is 52.4 Å². The van der Waals surface area contributed by atoms with E-state index in [1.54, 1.807) is 0 Å². The molecule has 0 heterocycles. The molecule has 0 aromatic rings. The third-order valence-corrected chi connectivity index (χ3v) is 3.88. The highest BCUT2D eigenvalue weighted by Crippen LogP contribution is 2.44. The summed E-state index contributed by atoms with van der Waals surface area (Å²) in [5.41, 5.74) is -0.277. The lowest BCUT2D eigenvalue weighted by Crippen LogP contribution is -2.42. The summed E-state index contributed by atoms with van der Waals surface area (Å²) in [5, 5.41) is 0. The Kier molecular flexibility index (Phi) is 4.11. The van der Waals surface area contributed by atoms with Gasteiger partial charge in [0.15, 0.2) is 0 Å². The molecule has 1 aliphatic rings. The van der Waals surface area contributed by atoms with Gasteiger partial charge in [-0.05, 0) is 32.1 Å². The molecule has 3 nitrogen and oxygen atoms in total. The molecule has 82 valence electrons. The Morgan fingerprint density at radius 1 is 1.43 bits per heavy atom. The Labute approximate surface area is 87.6 Å². The highest BCUT2D eigenvalue weighted by Gasteiger charge is 2.42. The van der Waals surface area contributed by atoms with Gasteiger partial charge in [0.05, 0.1) is 5.54 Å². The molecule has 0 aromatic carbocycles. The maximum Gasteiger partial charge on any atom is 0.311 e. The van der Waals surface area contributed by atoms with Crippen molar-refractivity contribution in [3.8, 4) is 0 Å². The van der Waals surface area contributed by atoms with Crippen LogP contribution in [0.5, 0.6) is 0 Å². The van der Waals surface area contributed by atoms with E-state index in [-0.39, 0.29) is 5.54 Å². The minimum atomic E-state index is -2.24. The van der Waals surface area contributed by atoms with Gasteiger partial charge in [0.25, 0.3) is 0 Å². The van der Waals surface area contributed by atoms with Crippen molar-refractivity contribution in [2.45, 2.75) is 57.9 Å². The van der Waals surface area contributed by atoms with Gasteiger partial charge in [-0.2, -0.15) is 12.8 Å². The highest BCUT2D eigenvalue weighted by atomic mass is 32.2. The standard InChI is InChI=1S/C10H19NO2S/c1-3-4-5-6-9-7-8-10(9,2)11-14(12)13/h9H,3-8H2,1-2H3. The molecule has 0 saturated heterocycles. The number of unbranched alkanes of at least 4 members (excludes halogenated alkanes) is 2. The molecule has 0 amide bonds. The van der Waals surface area contributed by atoms with Crippen molar-refractivity contribution in [1.29, 1.82) is 0 Å². The lowest BCUT2D eigenvalue weighted by molar-refractivity contribution is 0.138. The van der Waals surface area contributed by atoms with Crippen molar-refractivity contribution in [3.05, 3.63) is 0 Å². The third-order valence-electron chi connectivity index (χ3n) is 3.32. The molecule has 2 atom stereocenters. The molecule has 0 bridgehead atoms. The lowest BCUT2D eigenvalue weighted by Gasteiger charge is -2.42. The van der Waals surface area contributed by atoms with E-state index in [0.717, 1.165) is 19.3 Å². The molecular formula is C10H19NO2S. The normalized spacial score (nSPS) is 30.9. The zero-order valence-corrected chi connectivity index (χ0v) is 9.81. The van der Waals surface area contributed by atoms with E-state index in [1.807, 2.05) is 6.92 Å². The van der Waals surface area contributed by atoms with Gasteiger partial charge in [0.1, 0.15) is 0 Å². The van der Waals surface area contributed by atoms with E-state index in [4.69, 9.17) is 0 Å². The molecule has 1 aliphatic carbocycles. The van der Waals surface area contributed by atoms with Gasteiger partial charge in [-0.25, -0.2) is 0 Å². The minimum absolute atomic E-state index is 0.277. The Balaban J connectivity index is 2.45. The van der Waals surface area contributed by atoms with Crippen LogP contribution in [-0.4, -0.2) is 14.0 Å². The van der Waals surface area contributed by atoms with E-state index in [9.17, 15) is 8.42 Å². The summed E-state index contributed by atoms with van der Waals surface area (Å²) in [5.74, 6) is 0.493. The fourth-order valence-electron chi connectivity index (χ4n) is 2.15. The van der Waals surface area contributed by atoms with Gasteiger partial charge in [0, 0.05) is 0 Å². The van der Waals surface area contributed by atoms with Crippen LogP contribution in [0.4, 0.5) is 0 Å². The highest BCUT2D eigenvalue weighted by molar-refractivity contribution is 7.61. The second-order valence-corrected chi connectivity index (χ2v) is 5.01. The summed E-state index contributed by atoms with van der Waals surface area (Å²) < 4.78 is 24.8. The number of nitrogens with zero attached hydrogens (tertiary/aromatic N) is 1. The molecule has 1 saturated carbocycles. The average Bonchev–Trinajstić information content (AvgIpc) is 2.09. The first-order chi connectivity index (χ1) is 6.58. The molecule has 0 aliphatic heterocycles. The van der Waals surface area contributed by atoms with E-state index in [0.29, 0.717) is 5.92 Å². The fourth-order valence-corrected chi connectivity index (χ4v) is 2.73. The van der Waals surface area contributed by atoms with Crippen LogP contribution >= 0.6 is 0 Å². The first-order valence-corrected chi connectivity index (χ1v) is 6.44. The van der Waals surface area contributed by atoms with Crippen molar-refractivity contribution in [2.75, 3.05) is 0 Å². The maximum atomic E-state index is 10.5. The Morgan fingerprint density at radius 3 is 2.57 bits per heavy atom. The number of rotatable bonds is 5. The molecule has 0 N–H and O–H groups in total. The first kappa shape index (κ1) is 11.7. The maximum absolute atomic E-state index is 10.5. The van der Waals surface area contributed by atoms with Gasteiger partial charge in [-0.1, -0.05) is 26.2 Å². The average molecular weight is 217 g/mol. The van der Waals surface area contributed by atoms with Crippen molar-refractivity contribution >= 4 is 10.5 Å². The monoisotopic (exact) mass is 217 g/mol. The van der Waals surface area contributed by atoms with E-state index < -0.39 is 10.5 Å². The summed E-state index contributed by atoms with van der Waals surface area (Å²) in [6, 6.07) is 0. The fraction of sp³-hybridized carbons (Fsp3) is 1.00. The zero-order chi connectivity index (χ0) is 10.6. The van der Waals surface area contributed by atoms with Gasteiger partial charge >= 0.3 is 10.5 Å². The largest absolute Gasteiger partial charge is 0.311 e. The van der Waals surface area contributed by atoms with Crippen molar-refractivity contribution in [2.24, 2.45) is 10.3 Å². The summed E-state index contributed by atoms with van der Waals surface area (Å²) in [4.78, 5) is 0. The quantitative estimate of drug-likeness (QED) is 0.665. The van der Waals surface area contributed by atoms with Crippen molar-refractivity contribution in [3.63, 3.8) is 0 Å². The predicted octanol–water partition coefficient (Wildman–Crippen LogP) is 2.80. The van der Waals surface area contributed by atoms with Crippen LogP contribution in [0, 0.1) is 5.92 Å². The van der Waals surface area contributed by atoms with Crippen LogP contribution in [0.25, 0.3) is 0 Å². The molecule has 2 unspecified atom stereocenters. The molecule has 1 fully saturated rings. The van der Waals surface area contributed by atoms with E-state index >= 15 is 0 Å². The van der Waals surface area contributed by atoms with Crippen molar-refractivity contribution in [1.82, 2.24) is 0 Å². The number of hydrogen-bond acceptors (Lipinski definition) is 3. The second kappa shape index (κ2) is 4.91. The van der Waals surface area contributed by atoms with Gasteiger partial charge in [-0.3, -0.25) is 0 Å². The van der Waals surface area contributed by atoms with Gasteiger partial charge < -0.3 is 0 Å². The smallest absolute Gasteiger partial charge is 0.165 e. The molecule has 14 heavy (non-hydrogen) atoms. The molecule has 4 heteroatoms. The van der Waals surface area contributed by atoms with Gasteiger partial charge in [0.2, 0.25) is 0 Å². The molecular weight excluding hydrogens is 198 g/mol. The first-order valence-electron chi connectivity index (χ1n) is 5.41. The molecule has 0 radical (unpaired) electrons. The summed E-state index contributed by atoms with van der Waals surface area (Å²) >= 11 is 0. The summed E-state index contributed by atoms with van der Waals surface area (Å²) in [6.45, 7) is 4.14. The van der Waals surface area contributed by atoms with E-state index in [1.165, 1.54) is 19.3 Å². The second-order valence-electron chi connectivity index (χ2n) is 4.40. The van der Waals surface area contributed by atoms with Gasteiger partial charge in [-0.15, -0.1) is 0 Å². The lowest BCUT2D eigenvalue weighted by atomic mass is 9.66. The van der Waals surface area contributed by atoms with E-state index in [2.05, 4.69) is 11.3 Å². The molecule has 1 rings (SSSR count). The Bertz CT molecular complexity index is 302. The topological polar surface area (TPSA) is 46.5 Å². The van der Waals surface area contributed by atoms with Crippen LogP contribution in [0.3, 0.4) is 0 Å². The molecule has 0 aromatic heterocycles. The molecule has 0 spiro atoms. The Morgan fingerprint density at radius 2 is 2.14 bits per heavy atom. The SMILES string of the molecule is CCCCCC1CCC1(C)N=S(=O)=O. The van der Waals surface area contributed by atoms with Crippen LogP contribution in [0.2, 0.25) is 0 Å². The van der Waals surface area contributed by atoms with Crippen LogP contribution < -0.4 is 0 Å². The Hall–Kier alpha value is -0.380. The van der Waals surface area contributed by atoms with Crippen molar-refractivity contribution < 1.29 is 8.42 Å². The zero-order valence-electron chi connectivity index (χ0n) is 8.99. The number of hydrogen-bond donors (Lipinski definition) is 0. The summed E-state index contributed by atoms with van der Waals surface area (Å²) in [7, 11) is -2.24. The van der Waals surface area contributed by atoms with Crippen LogP contribution in [-0.2, 0) is 10.5 Å².